The maximum Gasteiger partial charge on any atom is 0.218 e. The predicted octanol–water partition coefficient (Wildman–Crippen LogP) is 2.23. The second-order valence-electron chi connectivity index (χ2n) is 4.03. The molecule has 0 saturated heterocycles. The van der Waals surface area contributed by atoms with E-state index in [0.717, 1.165) is 24.5 Å². The third kappa shape index (κ3) is 2.01. The Hall–Kier alpha value is -1.87. The van der Waals surface area contributed by atoms with E-state index in [1.807, 2.05) is 30.5 Å². The fourth-order valence-corrected chi connectivity index (χ4v) is 2.09. The Bertz CT molecular complexity index is 511. The molecule has 1 aliphatic rings. The van der Waals surface area contributed by atoms with Crippen LogP contribution in [0.15, 0.2) is 42.6 Å². The summed E-state index contributed by atoms with van der Waals surface area (Å²) in [6.45, 7) is 2.36. The van der Waals surface area contributed by atoms with Crippen molar-refractivity contribution in [1.29, 1.82) is 0 Å². The van der Waals surface area contributed by atoms with E-state index in [-0.39, 0.29) is 0 Å². The van der Waals surface area contributed by atoms with E-state index < -0.39 is 0 Å². The lowest BCUT2D eigenvalue weighted by Crippen LogP contribution is -2.16. The Morgan fingerprint density at radius 1 is 1.12 bits per heavy atom. The van der Waals surface area contributed by atoms with Crippen molar-refractivity contribution in [2.75, 3.05) is 13.2 Å². The Morgan fingerprint density at radius 3 is 2.88 bits per heavy atom. The van der Waals surface area contributed by atoms with Crippen molar-refractivity contribution in [3.05, 3.63) is 48.2 Å². The molecule has 0 fully saturated rings. The largest absolute Gasteiger partial charge is 0.476 e. The van der Waals surface area contributed by atoms with E-state index >= 15 is 0 Å². The SMILES string of the molecule is c1ccc(-c2ccnc3c2CNCCO3)cc1. The van der Waals surface area contributed by atoms with Crippen molar-refractivity contribution in [2.24, 2.45) is 0 Å². The van der Waals surface area contributed by atoms with Crippen LogP contribution in [-0.2, 0) is 6.54 Å². The van der Waals surface area contributed by atoms with Gasteiger partial charge in [-0.25, -0.2) is 4.98 Å². The molecule has 1 aliphatic heterocycles. The molecule has 0 radical (unpaired) electrons. The zero-order valence-electron chi connectivity index (χ0n) is 9.52. The summed E-state index contributed by atoms with van der Waals surface area (Å²) in [5.41, 5.74) is 3.56. The van der Waals surface area contributed by atoms with Gasteiger partial charge in [-0.15, -0.1) is 0 Å². The monoisotopic (exact) mass is 226 g/mol. The highest BCUT2D eigenvalue weighted by Crippen LogP contribution is 2.29. The fourth-order valence-electron chi connectivity index (χ4n) is 2.09. The van der Waals surface area contributed by atoms with Gasteiger partial charge in [0.1, 0.15) is 6.61 Å². The number of nitrogens with one attached hydrogen (secondary N) is 1. The van der Waals surface area contributed by atoms with Gasteiger partial charge in [-0.2, -0.15) is 0 Å². The molecule has 0 bridgehead atoms. The number of hydrogen-bond acceptors (Lipinski definition) is 3. The first kappa shape index (κ1) is 10.3. The summed E-state index contributed by atoms with van der Waals surface area (Å²) < 4.78 is 5.64. The Balaban J connectivity index is 2.11. The lowest BCUT2D eigenvalue weighted by molar-refractivity contribution is 0.314. The second kappa shape index (κ2) is 4.55. The van der Waals surface area contributed by atoms with E-state index in [0.29, 0.717) is 6.61 Å². The van der Waals surface area contributed by atoms with Crippen LogP contribution in [0.25, 0.3) is 11.1 Å². The number of fused-ring (bicyclic) bond motifs is 1. The normalized spacial score (nSPS) is 14.6. The minimum Gasteiger partial charge on any atom is -0.476 e. The van der Waals surface area contributed by atoms with Crippen LogP contribution in [0.1, 0.15) is 5.56 Å². The average molecular weight is 226 g/mol. The van der Waals surface area contributed by atoms with Crippen molar-refractivity contribution in [3.63, 3.8) is 0 Å². The van der Waals surface area contributed by atoms with Gasteiger partial charge < -0.3 is 10.1 Å². The third-order valence-corrected chi connectivity index (χ3v) is 2.92. The van der Waals surface area contributed by atoms with Crippen molar-refractivity contribution in [3.8, 4) is 17.0 Å². The number of nitrogens with zero attached hydrogens (tertiary/aromatic N) is 1. The molecule has 1 aromatic heterocycles. The van der Waals surface area contributed by atoms with Crippen LogP contribution in [0.5, 0.6) is 5.88 Å². The molecule has 1 aromatic carbocycles. The van der Waals surface area contributed by atoms with Gasteiger partial charge in [0.25, 0.3) is 0 Å². The van der Waals surface area contributed by atoms with Gasteiger partial charge in [0.2, 0.25) is 5.88 Å². The smallest absolute Gasteiger partial charge is 0.218 e. The maximum atomic E-state index is 5.64. The summed E-state index contributed by atoms with van der Waals surface area (Å²) in [7, 11) is 0. The zero-order chi connectivity index (χ0) is 11.5. The first-order valence-electron chi connectivity index (χ1n) is 5.82. The lowest BCUT2D eigenvalue weighted by atomic mass is 10.0. The predicted molar refractivity (Wildman–Crippen MR) is 66.9 cm³/mol. The van der Waals surface area contributed by atoms with Crippen molar-refractivity contribution in [1.82, 2.24) is 10.3 Å². The van der Waals surface area contributed by atoms with Crippen LogP contribution < -0.4 is 10.1 Å². The Labute approximate surface area is 100 Å². The van der Waals surface area contributed by atoms with Crippen LogP contribution in [0.3, 0.4) is 0 Å². The highest BCUT2D eigenvalue weighted by molar-refractivity contribution is 5.68. The molecule has 86 valence electrons. The van der Waals surface area contributed by atoms with E-state index in [2.05, 4.69) is 22.4 Å². The van der Waals surface area contributed by atoms with Crippen molar-refractivity contribution < 1.29 is 4.74 Å². The first-order valence-corrected chi connectivity index (χ1v) is 5.82. The highest BCUT2D eigenvalue weighted by atomic mass is 16.5. The molecular formula is C14H14N2O. The first-order chi connectivity index (χ1) is 8.45. The summed E-state index contributed by atoms with van der Waals surface area (Å²) in [6.07, 6.45) is 1.81. The molecule has 0 aliphatic carbocycles. The van der Waals surface area contributed by atoms with E-state index in [4.69, 9.17) is 4.74 Å². The molecule has 17 heavy (non-hydrogen) atoms. The maximum absolute atomic E-state index is 5.64. The van der Waals surface area contributed by atoms with Crippen molar-refractivity contribution in [2.45, 2.75) is 6.54 Å². The minimum absolute atomic E-state index is 0.679. The second-order valence-corrected chi connectivity index (χ2v) is 4.03. The molecule has 3 rings (SSSR count). The van der Waals surface area contributed by atoms with E-state index in [1.54, 1.807) is 0 Å². The van der Waals surface area contributed by atoms with Gasteiger partial charge in [-0.1, -0.05) is 30.3 Å². The average Bonchev–Trinajstić information content (AvgIpc) is 2.64. The van der Waals surface area contributed by atoms with Gasteiger partial charge in [-0.3, -0.25) is 0 Å². The van der Waals surface area contributed by atoms with Crippen LogP contribution in [0.2, 0.25) is 0 Å². The van der Waals surface area contributed by atoms with Crippen LogP contribution in [0.4, 0.5) is 0 Å². The molecular weight excluding hydrogens is 212 g/mol. The molecule has 3 heteroatoms. The van der Waals surface area contributed by atoms with E-state index in [9.17, 15) is 0 Å². The number of benzene rings is 1. The van der Waals surface area contributed by atoms with Gasteiger partial charge in [0, 0.05) is 24.8 Å². The molecule has 0 saturated carbocycles. The zero-order valence-corrected chi connectivity index (χ0v) is 9.52. The number of pyridine rings is 1. The Kier molecular flexibility index (Phi) is 2.76. The minimum atomic E-state index is 0.679. The molecule has 0 amide bonds. The van der Waals surface area contributed by atoms with Crippen molar-refractivity contribution >= 4 is 0 Å². The molecule has 0 atom stereocenters. The van der Waals surface area contributed by atoms with Crippen LogP contribution in [0, 0.1) is 0 Å². The molecule has 3 nitrogen and oxygen atoms in total. The molecule has 2 heterocycles. The molecule has 1 N–H and O–H groups in total. The van der Waals surface area contributed by atoms with Gasteiger partial charge in [0.05, 0.1) is 0 Å². The topological polar surface area (TPSA) is 34.2 Å². The summed E-state index contributed by atoms with van der Waals surface area (Å²) in [4.78, 5) is 4.30. The third-order valence-electron chi connectivity index (χ3n) is 2.92. The Morgan fingerprint density at radius 2 is 2.00 bits per heavy atom. The van der Waals surface area contributed by atoms with E-state index in [1.165, 1.54) is 11.1 Å². The fraction of sp³-hybridized carbons (Fsp3) is 0.214. The summed E-state index contributed by atoms with van der Waals surface area (Å²) in [5, 5.41) is 3.35. The summed E-state index contributed by atoms with van der Waals surface area (Å²) >= 11 is 0. The van der Waals surface area contributed by atoms with Crippen LogP contribution in [-0.4, -0.2) is 18.1 Å². The number of rotatable bonds is 1. The quantitative estimate of drug-likeness (QED) is 0.809. The van der Waals surface area contributed by atoms with Crippen LogP contribution >= 0.6 is 0 Å². The van der Waals surface area contributed by atoms with Gasteiger partial charge >= 0.3 is 0 Å². The standard InChI is InChI=1S/C14H14N2O/c1-2-4-11(5-3-1)12-6-7-16-14-13(12)10-15-8-9-17-14/h1-7,15H,8-10H2. The summed E-state index contributed by atoms with van der Waals surface area (Å²) in [6, 6.07) is 12.4. The van der Waals surface area contributed by atoms with Gasteiger partial charge in [0.15, 0.2) is 0 Å². The number of ether oxygens (including phenoxy) is 1. The summed E-state index contributed by atoms with van der Waals surface area (Å²) in [5.74, 6) is 0.761. The number of aromatic nitrogens is 1. The molecule has 0 spiro atoms. The molecule has 2 aromatic rings. The highest BCUT2D eigenvalue weighted by Gasteiger charge is 2.14. The lowest BCUT2D eigenvalue weighted by Gasteiger charge is -2.10. The number of hydrogen-bond donors (Lipinski definition) is 1. The molecule has 0 unspecified atom stereocenters. The van der Waals surface area contributed by atoms with Gasteiger partial charge in [-0.05, 0) is 17.2 Å².